The minimum atomic E-state index is -0.676. The van der Waals surface area contributed by atoms with Crippen LogP contribution in [0.5, 0.6) is 0 Å². The molecule has 8 nitrogen and oxygen atoms in total. The number of ether oxygens (including phenoxy) is 2. The van der Waals surface area contributed by atoms with E-state index in [1.165, 1.54) is 13.2 Å². The van der Waals surface area contributed by atoms with Crippen LogP contribution in [-0.4, -0.2) is 50.5 Å². The van der Waals surface area contributed by atoms with E-state index in [1.807, 2.05) is 18.2 Å². The molecule has 0 aliphatic heterocycles. The maximum atomic E-state index is 14.6. The number of urea groups is 1. The lowest BCUT2D eigenvalue weighted by Crippen LogP contribution is -2.57. The average molecular weight is 497 g/mol. The van der Waals surface area contributed by atoms with E-state index in [4.69, 9.17) is 16.3 Å². The number of nitrogens with one attached hydrogen (secondary N) is 4. The molecule has 1 fully saturated rings. The molecule has 0 radical (unpaired) electrons. The molecule has 0 spiro atoms. The highest BCUT2D eigenvalue weighted by molar-refractivity contribution is 6.22. The summed E-state index contributed by atoms with van der Waals surface area (Å²) in [5.74, 6) is -0.339. The predicted octanol–water partition coefficient (Wildman–Crippen LogP) is 3.34. The van der Waals surface area contributed by atoms with Crippen LogP contribution in [0, 0.1) is 11.8 Å². The van der Waals surface area contributed by atoms with Crippen LogP contribution < -0.4 is 21.3 Å². The SMILES string of the molecule is COC(=O)[C@@H](C)CNC(=O)NC(NCC1=CCC(Cl)C=C1)NC1=CC(F)=C(OCC2CC2)CC1. The van der Waals surface area contributed by atoms with Gasteiger partial charge in [0.25, 0.3) is 0 Å². The Labute approximate surface area is 205 Å². The lowest BCUT2D eigenvalue weighted by molar-refractivity contribution is -0.144. The standard InChI is InChI=1S/C24H34ClFN4O4/c1-15(22(31)33-2)12-28-24(32)30-23(27-13-16-5-7-18(25)8-6-16)29-19-9-10-21(20(26)11-19)34-14-17-3-4-17/h5-7,11,15,17-18,23,27,29H,3-4,8-10,12-14H2,1-2H3,(H2,28,30,32)/t15-,18?,23?/m0/s1. The van der Waals surface area contributed by atoms with E-state index in [-0.39, 0.29) is 11.9 Å². The van der Waals surface area contributed by atoms with Gasteiger partial charge in [-0.2, -0.15) is 0 Å². The summed E-state index contributed by atoms with van der Waals surface area (Å²) >= 11 is 6.08. The highest BCUT2D eigenvalue weighted by atomic mass is 35.5. The zero-order valence-corrected chi connectivity index (χ0v) is 20.4. The summed E-state index contributed by atoms with van der Waals surface area (Å²) in [7, 11) is 1.30. The van der Waals surface area contributed by atoms with Crippen molar-refractivity contribution in [3.63, 3.8) is 0 Å². The van der Waals surface area contributed by atoms with Crippen LogP contribution in [0.15, 0.2) is 47.2 Å². The molecule has 0 bridgehead atoms. The Morgan fingerprint density at radius 2 is 2.09 bits per heavy atom. The van der Waals surface area contributed by atoms with E-state index >= 15 is 0 Å². The first kappa shape index (κ1) is 26.1. The normalized spacial score (nSPS) is 21.7. The molecule has 0 aromatic carbocycles. The van der Waals surface area contributed by atoms with Gasteiger partial charge in [0.05, 0.1) is 25.0 Å². The van der Waals surface area contributed by atoms with Crippen LogP contribution in [0.25, 0.3) is 0 Å². The number of allylic oxidation sites excluding steroid dienone is 6. The van der Waals surface area contributed by atoms with Crippen molar-refractivity contribution in [3.05, 3.63) is 47.2 Å². The maximum absolute atomic E-state index is 14.6. The molecule has 3 aliphatic rings. The van der Waals surface area contributed by atoms with Crippen LogP contribution >= 0.6 is 11.6 Å². The van der Waals surface area contributed by atoms with Crippen LogP contribution in [0.3, 0.4) is 0 Å². The highest BCUT2D eigenvalue weighted by Crippen LogP contribution is 2.32. The Balaban J connectivity index is 1.57. The molecule has 2 amide bonds. The molecule has 3 atom stereocenters. The molecule has 0 heterocycles. The van der Waals surface area contributed by atoms with Crippen molar-refractivity contribution < 1.29 is 23.5 Å². The summed E-state index contributed by atoms with van der Waals surface area (Å²) in [5, 5.41) is 11.8. The third-order valence-corrected chi connectivity index (χ3v) is 6.11. The molecule has 2 unspecified atom stereocenters. The molecule has 10 heteroatoms. The molecule has 0 aromatic rings. The number of hydrogen-bond donors (Lipinski definition) is 4. The minimum absolute atomic E-state index is 0.0168. The summed E-state index contributed by atoms with van der Waals surface area (Å²) in [4.78, 5) is 24.0. The molecular formula is C24H34ClFN4O4. The lowest BCUT2D eigenvalue weighted by atomic mass is 10.1. The van der Waals surface area contributed by atoms with E-state index < -0.39 is 30.0 Å². The molecule has 3 aliphatic carbocycles. The number of carbonyl (C=O) groups excluding carboxylic acids is 2. The fourth-order valence-corrected chi connectivity index (χ4v) is 3.62. The smallest absolute Gasteiger partial charge is 0.317 e. The van der Waals surface area contributed by atoms with Gasteiger partial charge in [-0.3, -0.25) is 10.1 Å². The zero-order valence-electron chi connectivity index (χ0n) is 19.7. The number of halogens is 2. The van der Waals surface area contributed by atoms with Crippen LogP contribution in [0.1, 0.15) is 39.0 Å². The molecular weight excluding hydrogens is 463 g/mol. The fraction of sp³-hybridized carbons (Fsp3) is 0.583. The third kappa shape index (κ3) is 8.68. The van der Waals surface area contributed by atoms with Crippen molar-refractivity contribution in [2.24, 2.45) is 11.8 Å². The van der Waals surface area contributed by atoms with E-state index in [0.29, 0.717) is 43.4 Å². The quantitative estimate of drug-likeness (QED) is 0.188. The molecule has 1 saturated carbocycles. The Bertz CT molecular complexity index is 869. The minimum Gasteiger partial charge on any atom is -0.495 e. The van der Waals surface area contributed by atoms with Crippen LogP contribution in [0.2, 0.25) is 0 Å². The third-order valence-electron chi connectivity index (χ3n) is 5.79. The van der Waals surface area contributed by atoms with Crippen molar-refractivity contribution in [2.45, 2.75) is 50.7 Å². The molecule has 3 rings (SSSR count). The number of carbonyl (C=O) groups is 2. The lowest BCUT2D eigenvalue weighted by Gasteiger charge is -2.27. The van der Waals surface area contributed by atoms with Crippen molar-refractivity contribution >= 4 is 23.6 Å². The second-order valence-corrected chi connectivity index (χ2v) is 9.38. The molecule has 188 valence electrons. The van der Waals surface area contributed by atoms with E-state index in [1.54, 1.807) is 6.92 Å². The summed E-state index contributed by atoms with van der Waals surface area (Å²) in [6.45, 7) is 2.83. The van der Waals surface area contributed by atoms with Gasteiger partial charge in [-0.15, -0.1) is 11.6 Å². The second kappa shape index (κ2) is 12.8. The van der Waals surface area contributed by atoms with Crippen molar-refractivity contribution in [3.8, 4) is 0 Å². The maximum Gasteiger partial charge on any atom is 0.317 e. The van der Waals surface area contributed by atoms with E-state index in [0.717, 1.165) is 24.8 Å². The van der Waals surface area contributed by atoms with E-state index in [9.17, 15) is 14.0 Å². The number of hydrogen-bond acceptors (Lipinski definition) is 6. The average Bonchev–Trinajstić information content (AvgIpc) is 3.65. The van der Waals surface area contributed by atoms with Gasteiger partial charge in [-0.1, -0.05) is 25.2 Å². The Morgan fingerprint density at radius 1 is 1.29 bits per heavy atom. The van der Waals surface area contributed by atoms with Gasteiger partial charge in [-0.25, -0.2) is 9.18 Å². The monoisotopic (exact) mass is 496 g/mol. The highest BCUT2D eigenvalue weighted by Gasteiger charge is 2.24. The number of rotatable bonds is 12. The summed E-state index contributed by atoms with van der Waals surface area (Å²) in [6, 6.07) is -0.476. The number of methoxy groups -OCH3 is 1. The predicted molar refractivity (Wildman–Crippen MR) is 128 cm³/mol. The van der Waals surface area contributed by atoms with Crippen molar-refractivity contribution in [2.75, 3.05) is 26.8 Å². The van der Waals surface area contributed by atoms with Gasteiger partial charge in [0.2, 0.25) is 0 Å². The molecule has 0 aromatic heterocycles. The Kier molecular flexibility index (Phi) is 9.83. The van der Waals surface area contributed by atoms with Gasteiger partial charge in [0, 0.05) is 25.2 Å². The largest absolute Gasteiger partial charge is 0.495 e. The van der Waals surface area contributed by atoms with Crippen molar-refractivity contribution in [1.29, 1.82) is 0 Å². The first-order valence-corrected chi connectivity index (χ1v) is 12.1. The number of amides is 2. The Morgan fingerprint density at radius 3 is 2.74 bits per heavy atom. The number of alkyl halides is 1. The van der Waals surface area contributed by atoms with Gasteiger partial charge >= 0.3 is 12.0 Å². The van der Waals surface area contributed by atoms with Gasteiger partial charge < -0.3 is 25.4 Å². The van der Waals surface area contributed by atoms with Crippen molar-refractivity contribution in [1.82, 2.24) is 21.3 Å². The van der Waals surface area contributed by atoms with Gasteiger partial charge in [-0.05, 0) is 43.3 Å². The molecule has 4 N–H and O–H groups in total. The Hall–Kier alpha value is -2.52. The second-order valence-electron chi connectivity index (χ2n) is 8.82. The van der Waals surface area contributed by atoms with Crippen LogP contribution in [-0.2, 0) is 14.3 Å². The molecule has 34 heavy (non-hydrogen) atoms. The van der Waals surface area contributed by atoms with Gasteiger partial charge in [0.15, 0.2) is 12.1 Å². The summed E-state index contributed by atoms with van der Waals surface area (Å²) in [5.41, 5.74) is 1.68. The van der Waals surface area contributed by atoms with Gasteiger partial charge in [0.1, 0.15) is 5.76 Å². The van der Waals surface area contributed by atoms with E-state index in [2.05, 4.69) is 26.0 Å². The number of esters is 1. The summed E-state index contributed by atoms with van der Waals surface area (Å²) < 4.78 is 24.9. The fourth-order valence-electron chi connectivity index (χ4n) is 3.46. The summed E-state index contributed by atoms with van der Waals surface area (Å²) in [6.07, 6.45) is 10.7. The first-order valence-electron chi connectivity index (χ1n) is 11.7. The molecule has 0 saturated heterocycles. The van der Waals surface area contributed by atoms with Crippen LogP contribution in [0.4, 0.5) is 9.18 Å². The topological polar surface area (TPSA) is 101 Å². The first-order chi connectivity index (χ1) is 16.3. The zero-order chi connectivity index (χ0) is 24.5.